The van der Waals surface area contributed by atoms with Crippen molar-refractivity contribution in [2.24, 2.45) is 5.92 Å². The van der Waals surface area contributed by atoms with Crippen LogP contribution >= 0.6 is 0 Å². The average Bonchev–Trinajstić information content (AvgIpc) is 2.80. The summed E-state index contributed by atoms with van der Waals surface area (Å²) >= 11 is 0. The smallest absolute Gasteiger partial charge is 0.258 e. The van der Waals surface area contributed by atoms with E-state index in [4.69, 9.17) is 5.26 Å². The third-order valence-corrected chi connectivity index (χ3v) is 6.12. The number of piperidine rings is 1. The molecule has 4 heterocycles. The summed E-state index contributed by atoms with van der Waals surface area (Å²) in [4.78, 5) is 32.2. The summed E-state index contributed by atoms with van der Waals surface area (Å²) in [5, 5.41) is 8.96. The van der Waals surface area contributed by atoms with Crippen molar-refractivity contribution in [2.75, 3.05) is 13.1 Å². The maximum Gasteiger partial charge on any atom is 0.258 e. The predicted molar refractivity (Wildman–Crippen MR) is 112 cm³/mol. The van der Waals surface area contributed by atoms with Gasteiger partial charge >= 0.3 is 0 Å². The maximum absolute atomic E-state index is 13.2. The van der Waals surface area contributed by atoms with Crippen molar-refractivity contribution in [1.82, 2.24) is 14.5 Å². The van der Waals surface area contributed by atoms with E-state index < -0.39 is 0 Å². The lowest BCUT2D eigenvalue weighted by atomic mass is 9.82. The predicted octanol–water partition coefficient (Wildman–Crippen LogP) is 3.04. The highest BCUT2D eigenvalue weighted by Crippen LogP contribution is 2.36. The van der Waals surface area contributed by atoms with Crippen LogP contribution in [0.2, 0.25) is 0 Å². The molecule has 2 atom stereocenters. The number of carbonyl (C=O) groups excluding carboxylic acids is 1. The molecular weight excluding hydrogens is 376 g/mol. The third-order valence-electron chi connectivity index (χ3n) is 6.12. The van der Waals surface area contributed by atoms with Crippen LogP contribution in [0.5, 0.6) is 0 Å². The zero-order valence-electron chi connectivity index (χ0n) is 16.4. The standard InChI is InChI=1S/C24H20N4O2/c25-11-16-3-5-18(6-4-16)23(29)27-13-17-10-20(15-27)22-8-7-21(24(30)28(22)14-17)19-2-1-9-26-12-19/h1-9,12,17,20H,10,13-15H2/t17-,20+/m0/s1. The molecule has 2 aromatic heterocycles. The van der Waals surface area contributed by atoms with Gasteiger partial charge in [0.1, 0.15) is 0 Å². The molecule has 1 aromatic carbocycles. The van der Waals surface area contributed by atoms with Gasteiger partial charge in [0.25, 0.3) is 11.5 Å². The number of amides is 1. The highest BCUT2D eigenvalue weighted by Gasteiger charge is 2.37. The van der Waals surface area contributed by atoms with Gasteiger partial charge in [0.05, 0.1) is 11.6 Å². The summed E-state index contributed by atoms with van der Waals surface area (Å²) in [7, 11) is 0. The monoisotopic (exact) mass is 396 g/mol. The maximum atomic E-state index is 13.2. The molecule has 6 heteroatoms. The van der Waals surface area contributed by atoms with Gasteiger partial charge in [0, 0.05) is 60.3 Å². The fourth-order valence-corrected chi connectivity index (χ4v) is 4.72. The first-order valence-electron chi connectivity index (χ1n) is 10.1. The van der Waals surface area contributed by atoms with E-state index in [1.54, 1.807) is 36.7 Å². The van der Waals surface area contributed by atoms with Crippen LogP contribution in [0.3, 0.4) is 0 Å². The molecule has 148 valence electrons. The Balaban J connectivity index is 1.44. The van der Waals surface area contributed by atoms with Gasteiger partial charge in [-0.2, -0.15) is 5.26 Å². The molecule has 3 aromatic rings. The zero-order valence-corrected chi connectivity index (χ0v) is 16.4. The van der Waals surface area contributed by atoms with Crippen LogP contribution in [0.1, 0.15) is 34.0 Å². The molecule has 0 spiro atoms. The van der Waals surface area contributed by atoms with Crippen molar-refractivity contribution in [2.45, 2.75) is 18.9 Å². The molecule has 0 unspecified atom stereocenters. The van der Waals surface area contributed by atoms with Gasteiger partial charge in [-0.1, -0.05) is 6.07 Å². The summed E-state index contributed by atoms with van der Waals surface area (Å²) in [5.41, 5.74) is 3.64. The lowest BCUT2D eigenvalue weighted by Gasteiger charge is -2.43. The Labute approximate surface area is 174 Å². The summed E-state index contributed by atoms with van der Waals surface area (Å²) in [6.45, 7) is 1.86. The first kappa shape index (κ1) is 18.3. The lowest BCUT2D eigenvalue weighted by Crippen LogP contribution is -2.49. The molecular formula is C24H20N4O2. The van der Waals surface area contributed by atoms with Gasteiger partial charge in [-0.05, 0) is 54.8 Å². The molecule has 1 amide bonds. The summed E-state index contributed by atoms with van der Waals surface area (Å²) in [6, 6.07) is 16.5. The number of pyridine rings is 2. The van der Waals surface area contributed by atoms with Crippen LogP contribution in [0.4, 0.5) is 0 Å². The van der Waals surface area contributed by atoms with Gasteiger partial charge in [0.2, 0.25) is 0 Å². The van der Waals surface area contributed by atoms with Gasteiger partial charge < -0.3 is 9.47 Å². The Morgan fingerprint density at radius 2 is 1.90 bits per heavy atom. The van der Waals surface area contributed by atoms with E-state index in [1.807, 2.05) is 33.7 Å². The minimum atomic E-state index is -0.0167. The van der Waals surface area contributed by atoms with Crippen molar-refractivity contribution in [3.63, 3.8) is 0 Å². The topological polar surface area (TPSA) is 79.0 Å². The summed E-state index contributed by atoms with van der Waals surface area (Å²) in [5.74, 6) is 0.382. The quantitative estimate of drug-likeness (QED) is 0.667. The van der Waals surface area contributed by atoms with Crippen LogP contribution in [0.15, 0.2) is 65.7 Å². The Morgan fingerprint density at radius 3 is 2.63 bits per heavy atom. The molecule has 0 saturated carbocycles. The number of rotatable bonds is 2. The second-order valence-corrected chi connectivity index (χ2v) is 8.03. The Bertz CT molecular complexity index is 1210. The molecule has 0 aliphatic carbocycles. The third kappa shape index (κ3) is 3.09. The Hall–Kier alpha value is -3.72. The SMILES string of the molecule is N#Cc1ccc(C(=O)N2C[C@@H]3C[C@H](C2)c2ccc(-c4cccnc4)c(=O)n2C3)cc1. The van der Waals surface area contributed by atoms with Gasteiger partial charge in [-0.25, -0.2) is 0 Å². The van der Waals surface area contributed by atoms with Gasteiger partial charge in [-0.15, -0.1) is 0 Å². The zero-order chi connectivity index (χ0) is 20.7. The van der Waals surface area contributed by atoms with E-state index in [0.717, 1.165) is 17.7 Å². The second-order valence-electron chi connectivity index (χ2n) is 8.03. The number of hydrogen-bond donors (Lipinski definition) is 0. The normalized spacial score (nSPS) is 19.6. The van der Waals surface area contributed by atoms with Crippen molar-refractivity contribution < 1.29 is 4.79 Å². The molecule has 6 nitrogen and oxygen atoms in total. The molecule has 2 aliphatic rings. The highest BCUT2D eigenvalue weighted by molar-refractivity contribution is 5.94. The van der Waals surface area contributed by atoms with Crippen molar-refractivity contribution in [1.29, 1.82) is 5.26 Å². The number of benzene rings is 1. The lowest BCUT2D eigenvalue weighted by molar-refractivity contribution is 0.0594. The summed E-state index contributed by atoms with van der Waals surface area (Å²) in [6.07, 6.45) is 4.40. The Morgan fingerprint density at radius 1 is 1.07 bits per heavy atom. The van der Waals surface area contributed by atoms with Gasteiger partial charge in [0.15, 0.2) is 0 Å². The molecule has 1 saturated heterocycles. The number of fused-ring (bicyclic) bond motifs is 4. The molecule has 30 heavy (non-hydrogen) atoms. The fourth-order valence-electron chi connectivity index (χ4n) is 4.72. The second kappa shape index (κ2) is 7.27. The highest BCUT2D eigenvalue weighted by atomic mass is 16.2. The van der Waals surface area contributed by atoms with E-state index in [9.17, 15) is 9.59 Å². The molecule has 2 bridgehead atoms. The number of nitrogens with zero attached hydrogens (tertiary/aromatic N) is 4. The number of nitriles is 1. The van der Waals surface area contributed by atoms with Crippen LogP contribution in [0, 0.1) is 17.2 Å². The van der Waals surface area contributed by atoms with E-state index >= 15 is 0 Å². The number of hydrogen-bond acceptors (Lipinski definition) is 4. The Kier molecular flexibility index (Phi) is 4.44. The van der Waals surface area contributed by atoms with E-state index in [0.29, 0.717) is 36.3 Å². The van der Waals surface area contributed by atoms with E-state index in [1.165, 1.54) is 0 Å². The van der Waals surface area contributed by atoms with Crippen molar-refractivity contribution >= 4 is 5.91 Å². The van der Waals surface area contributed by atoms with Gasteiger partial charge in [-0.3, -0.25) is 14.6 Å². The van der Waals surface area contributed by atoms with Crippen molar-refractivity contribution in [3.05, 3.63) is 88.1 Å². The fraction of sp³-hybridized carbons (Fsp3) is 0.250. The first-order valence-corrected chi connectivity index (χ1v) is 10.1. The average molecular weight is 396 g/mol. The molecule has 1 fully saturated rings. The number of likely N-dealkylation sites (tertiary alicyclic amines) is 1. The number of carbonyl (C=O) groups is 1. The van der Waals surface area contributed by atoms with Crippen LogP contribution in [-0.2, 0) is 6.54 Å². The van der Waals surface area contributed by atoms with Crippen molar-refractivity contribution in [3.8, 4) is 17.2 Å². The minimum absolute atomic E-state index is 0.0158. The van der Waals surface area contributed by atoms with Crippen LogP contribution in [0.25, 0.3) is 11.1 Å². The minimum Gasteiger partial charge on any atom is -0.338 e. The van der Waals surface area contributed by atoms with E-state index in [-0.39, 0.29) is 23.3 Å². The summed E-state index contributed by atoms with van der Waals surface area (Å²) < 4.78 is 1.89. The van der Waals surface area contributed by atoms with E-state index in [2.05, 4.69) is 11.1 Å². The molecule has 0 N–H and O–H groups in total. The number of aromatic nitrogens is 2. The van der Waals surface area contributed by atoms with Crippen LogP contribution < -0.4 is 5.56 Å². The first-order chi connectivity index (χ1) is 14.6. The molecule has 0 radical (unpaired) electrons. The molecule has 2 aliphatic heterocycles. The molecule has 5 rings (SSSR count). The largest absolute Gasteiger partial charge is 0.338 e. The van der Waals surface area contributed by atoms with Crippen LogP contribution in [-0.4, -0.2) is 33.4 Å².